The molecule has 2 N–H and O–H groups in total. The SMILES string of the molecule is O=c1[nH]c2cc(C=C3c4ccc(F)cc4OCc4c(F)cccc43)ccc2n1[C@H]1CCNC1. The highest BCUT2D eigenvalue weighted by molar-refractivity contribution is 5.95. The zero-order valence-corrected chi connectivity index (χ0v) is 17.7. The molecule has 7 heteroatoms. The third-order valence-electron chi connectivity index (χ3n) is 6.47. The number of ether oxygens (including phenoxy) is 1. The molecule has 1 aromatic heterocycles. The van der Waals surface area contributed by atoms with E-state index in [1.807, 2.05) is 34.9 Å². The lowest BCUT2D eigenvalue weighted by atomic mass is 9.92. The van der Waals surface area contributed by atoms with Crippen LogP contribution in [0.25, 0.3) is 22.7 Å². The summed E-state index contributed by atoms with van der Waals surface area (Å²) in [5.74, 6) is -0.416. The first-order valence-corrected chi connectivity index (χ1v) is 11.0. The third-order valence-corrected chi connectivity index (χ3v) is 6.47. The van der Waals surface area contributed by atoms with Gasteiger partial charge in [-0.1, -0.05) is 18.2 Å². The van der Waals surface area contributed by atoms with Crippen molar-refractivity contribution in [3.63, 3.8) is 0 Å². The van der Waals surface area contributed by atoms with Crippen LogP contribution in [-0.4, -0.2) is 22.6 Å². The van der Waals surface area contributed by atoms with Crippen molar-refractivity contribution in [2.45, 2.75) is 19.1 Å². The summed E-state index contributed by atoms with van der Waals surface area (Å²) in [6.45, 7) is 1.68. The number of hydrogen-bond acceptors (Lipinski definition) is 3. The number of halogens is 2. The first-order valence-electron chi connectivity index (χ1n) is 11.0. The molecule has 1 saturated heterocycles. The van der Waals surface area contributed by atoms with Gasteiger partial charge in [-0.2, -0.15) is 0 Å². The fraction of sp³-hybridized carbons (Fsp3) is 0.192. The normalized spacial score (nSPS) is 18.7. The summed E-state index contributed by atoms with van der Waals surface area (Å²) in [4.78, 5) is 15.6. The lowest BCUT2D eigenvalue weighted by molar-refractivity contribution is 0.299. The van der Waals surface area contributed by atoms with Crippen LogP contribution in [0.3, 0.4) is 0 Å². The van der Waals surface area contributed by atoms with Crippen molar-refractivity contribution in [1.82, 2.24) is 14.9 Å². The summed E-state index contributed by atoms with van der Waals surface area (Å²) in [7, 11) is 0. The van der Waals surface area contributed by atoms with Crippen LogP contribution in [0, 0.1) is 11.6 Å². The molecule has 0 spiro atoms. The van der Waals surface area contributed by atoms with Crippen molar-refractivity contribution in [2.24, 2.45) is 0 Å². The smallest absolute Gasteiger partial charge is 0.326 e. The maximum Gasteiger partial charge on any atom is 0.326 e. The first kappa shape index (κ1) is 19.9. The van der Waals surface area contributed by atoms with E-state index in [1.54, 1.807) is 12.1 Å². The summed E-state index contributed by atoms with van der Waals surface area (Å²) in [6, 6.07) is 15.2. The molecular formula is C26H21F2N3O2. The molecule has 0 radical (unpaired) electrons. The monoisotopic (exact) mass is 445 g/mol. The van der Waals surface area contributed by atoms with E-state index in [0.29, 0.717) is 22.4 Å². The van der Waals surface area contributed by atoms with Gasteiger partial charge in [0.15, 0.2) is 0 Å². The highest BCUT2D eigenvalue weighted by Gasteiger charge is 2.23. The minimum Gasteiger partial charge on any atom is -0.488 e. The quantitative estimate of drug-likeness (QED) is 0.473. The van der Waals surface area contributed by atoms with E-state index in [-0.39, 0.29) is 24.2 Å². The average molecular weight is 445 g/mol. The molecule has 0 unspecified atom stereocenters. The highest BCUT2D eigenvalue weighted by atomic mass is 19.1. The van der Waals surface area contributed by atoms with Crippen LogP contribution >= 0.6 is 0 Å². The molecule has 6 rings (SSSR count). The molecule has 1 fully saturated rings. The number of imidazole rings is 1. The predicted molar refractivity (Wildman–Crippen MR) is 123 cm³/mol. The number of aromatic nitrogens is 2. The molecule has 5 nitrogen and oxygen atoms in total. The van der Waals surface area contributed by atoms with Crippen molar-refractivity contribution in [1.29, 1.82) is 0 Å². The molecule has 3 aromatic carbocycles. The number of hydrogen-bond donors (Lipinski definition) is 2. The highest BCUT2D eigenvalue weighted by Crippen LogP contribution is 2.39. The third kappa shape index (κ3) is 3.36. The van der Waals surface area contributed by atoms with Gasteiger partial charge in [0, 0.05) is 23.7 Å². The van der Waals surface area contributed by atoms with Crippen molar-refractivity contribution < 1.29 is 13.5 Å². The Balaban J connectivity index is 1.53. The van der Waals surface area contributed by atoms with Gasteiger partial charge in [-0.05, 0) is 66.1 Å². The van der Waals surface area contributed by atoms with Crippen LogP contribution in [0.2, 0.25) is 0 Å². The zero-order chi connectivity index (χ0) is 22.5. The molecule has 33 heavy (non-hydrogen) atoms. The molecule has 2 aliphatic rings. The van der Waals surface area contributed by atoms with Crippen LogP contribution in [0.15, 0.2) is 59.4 Å². The molecule has 0 bridgehead atoms. The number of aromatic amines is 1. The summed E-state index contributed by atoms with van der Waals surface area (Å²) in [5, 5.41) is 3.30. The van der Waals surface area contributed by atoms with E-state index in [2.05, 4.69) is 10.3 Å². The van der Waals surface area contributed by atoms with Crippen molar-refractivity contribution >= 4 is 22.7 Å². The Kier molecular flexibility index (Phi) is 4.66. The van der Waals surface area contributed by atoms with E-state index in [1.165, 1.54) is 18.2 Å². The molecule has 0 amide bonds. The maximum atomic E-state index is 14.6. The molecule has 0 saturated carbocycles. The second kappa shape index (κ2) is 7.71. The molecule has 1 atom stereocenters. The molecule has 3 heterocycles. The van der Waals surface area contributed by atoms with E-state index in [9.17, 15) is 13.6 Å². The Bertz CT molecular complexity index is 1480. The van der Waals surface area contributed by atoms with Gasteiger partial charge in [-0.25, -0.2) is 13.6 Å². The number of nitrogens with zero attached hydrogens (tertiary/aromatic N) is 1. The Morgan fingerprint density at radius 1 is 1.06 bits per heavy atom. The predicted octanol–water partition coefficient (Wildman–Crippen LogP) is 4.62. The fourth-order valence-corrected chi connectivity index (χ4v) is 4.87. The second-order valence-corrected chi connectivity index (χ2v) is 8.48. The van der Waals surface area contributed by atoms with E-state index in [4.69, 9.17) is 4.74 Å². The number of fused-ring (bicyclic) bond motifs is 3. The van der Waals surface area contributed by atoms with Crippen molar-refractivity contribution in [3.8, 4) is 5.75 Å². The molecule has 2 aliphatic heterocycles. The van der Waals surface area contributed by atoms with E-state index in [0.717, 1.165) is 41.7 Å². The molecular weight excluding hydrogens is 424 g/mol. The summed E-state index contributed by atoms with van der Waals surface area (Å²) < 4.78 is 36.1. The van der Waals surface area contributed by atoms with Crippen LogP contribution < -0.4 is 15.7 Å². The van der Waals surface area contributed by atoms with Gasteiger partial charge < -0.3 is 15.0 Å². The Hall–Kier alpha value is -3.71. The number of nitrogens with one attached hydrogen (secondary N) is 2. The minimum absolute atomic E-state index is 0.0143. The summed E-state index contributed by atoms with van der Waals surface area (Å²) in [5.41, 5.74) is 4.85. The number of rotatable bonds is 2. The van der Waals surface area contributed by atoms with Gasteiger partial charge in [0.2, 0.25) is 0 Å². The lowest BCUT2D eigenvalue weighted by Crippen LogP contribution is -2.23. The van der Waals surface area contributed by atoms with Gasteiger partial charge in [0.05, 0.1) is 17.1 Å². The number of H-pyrrole nitrogens is 1. The van der Waals surface area contributed by atoms with Crippen LogP contribution in [0.4, 0.5) is 8.78 Å². The van der Waals surface area contributed by atoms with Crippen LogP contribution in [0.5, 0.6) is 5.75 Å². The second-order valence-electron chi connectivity index (χ2n) is 8.48. The summed E-state index contributed by atoms with van der Waals surface area (Å²) in [6.07, 6.45) is 2.84. The van der Waals surface area contributed by atoms with Gasteiger partial charge in [-0.15, -0.1) is 0 Å². The average Bonchev–Trinajstić information content (AvgIpc) is 3.40. The van der Waals surface area contributed by atoms with Gasteiger partial charge in [0.1, 0.15) is 24.0 Å². The van der Waals surface area contributed by atoms with Gasteiger partial charge >= 0.3 is 5.69 Å². The number of benzene rings is 3. The minimum atomic E-state index is -0.415. The first-order chi connectivity index (χ1) is 16.1. The van der Waals surface area contributed by atoms with Crippen LogP contribution in [-0.2, 0) is 6.61 Å². The van der Waals surface area contributed by atoms with E-state index >= 15 is 0 Å². The van der Waals surface area contributed by atoms with E-state index < -0.39 is 5.82 Å². The molecule has 4 aromatic rings. The van der Waals surface area contributed by atoms with Crippen LogP contribution in [0.1, 0.15) is 34.7 Å². The standard InChI is InChI=1S/C26H21F2N3O2/c27-16-5-6-19-20(18-2-1-3-22(28)21(18)14-33-25(19)12-16)10-15-4-7-24-23(11-15)30-26(32)31(24)17-8-9-29-13-17/h1-7,10-12,17,29H,8-9,13-14H2,(H,30,32)/t17-/m0/s1. The van der Waals surface area contributed by atoms with Crippen molar-refractivity contribution in [2.75, 3.05) is 13.1 Å². The molecule has 0 aliphatic carbocycles. The Morgan fingerprint density at radius 3 is 2.82 bits per heavy atom. The fourth-order valence-electron chi connectivity index (χ4n) is 4.87. The maximum absolute atomic E-state index is 14.6. The topological polar surface area (TPSA) is 59.1 Å². The Labute approximate surface area is 188 Å². The van der Waals surface area contributed by atoms with Gasteiger partial charge in [0.25, 0.3) is 0 Å². The molecule has 166 valence electrons. The Morgan fingerprint density at radius 2 is 1.97 bits per heavy atom. The largest absolute Gasteiger partial charge is 0.488 e. The van der Waals surface area contributed by atoms with Gasteiger partial charge in [-0.3, -0.25) is 4.57 Å². The zero-order valence-electron chi connectivity index (χ0n) is 17.7. The lowest BCUT2D eigenvalue weighted by Gasteiger charge is -2.12. The summed E-state index contributed by atoms with van der Waals surface area (Å²) >= 11 is 0. The van der Waals surface area contributed by atoms with Crippen molar-refractivity contribution in [3.05, 3.63) is 99.0 Å².